The zero-order valence-corrected chi connectivity index (χ0v) is 23.9. The molecule has 0 amide bonds. The monoisotopic (exact) mass is 674 g/mol. The van der Waals surface area contributed by atoms with Gasteiger partial charge in [-0.1, -0.05) is 0 Å². The highest BCUT2D eigenvalue weighted by molar-refractivity contribution is 14.1. The van der Waals surface area contributed by atoms with Gasteiger partial charge in [0.2, 0.25) is 22.1 Å². The Balaban J connectivity index is 2.34. The van der Waals surface area contributed by atoms with Crippen LogP contribution >= 0.6 is 22.6 Å². The number of benzene rings is 2. The molecular formula is C24H30F3IN2O7S. The number of nitrogens with two attached hydrogens (primary N) is 1. The summed E-state index contributed by atoms with van der Waals surface area (Å²) in [5.41, 5.74) is -0.946. The van der Waals surface area contributed by atoms with E-state index in [1.54, 1.807) is 19.9 Å². The highest BCUT2D eigenvalue weighted by atomic mass is 127. The summed E-state index contributed by atoms with van der Waals surface area (Å²) < 4.78 is 86.1. The fraction of sp³-hybridized carbons (Fsp3) is 0.500. The number of aliphatic hydroxyl groups is 2. The molecular weight excluding hydrogens is 644 g/mol. The maximum absolute atomic E-state index is 16.5. The first-order valence-electron chi connectivity index (χ1n) is 11.8. The molecule has 1 fully saturated rings. The zero-order valence-electron chi connectivity index (χ0n) is 20.9. The number of halogens is 4. The minimum atomic E-state index is -4.39. The lowest BCUT2D eigenvalue weighted by Gasteiger charge is -2.25. The number of sulfonamides is 1. The van der Waals surface area contributed by atoms with Crippen molar-refractivity contribution >= 4 is 44.0 Å². The van der Waals surface area contributed by atoms with Crippen LogP contribution in [0, 0.1) is 15.2 Å². The summed E-state index contributed by atoms with van der Waals surface area (Å²) in [6.07, 6.45) is -4.07. The first kappa shape index (κ1) is 30.5. The van der Waals surface area contributed by atoms with Crippen molar-refractivity contribution in [2.24, 2.45) is 5.14 Å². The highest BCUT2D eigenvalue weighted by Gasteiger charge is 2.65. The Morgan fingerprint density at radius 2 is 1.84 bits per heavy atom. The molecule has 0 saturated heterocycles. The van der Waals surface area contributed by atoms with E-state index >= 15 is 4.39 Å². The molecule has 1 saturated carbocycles. The third-order valence-electron chi connectivity index (χ3n) is 6.12. The summed E-state index contributed by atoms with van der Waals surface area (Å²) >= 11 is 1.90. The van der Waals surface area contributed by atoms with Crippen molar-refractivity contribution in [1.29, 1.82) is 0 Å². The van der Waals surface area contributed by atoms with Gasteiger partial charge in [-0.05, 0) is 67.5 Å². The lowest BCUT2D eigenvalue weighted by Crippen LogP contribution is -2.36. The molecule has 38 heavy (non-hydrogen) atoms. The van der Waals surface area contributed by atoms with Gasteiger partial charge in [-0.25, -0.2) is 26.7 Å². The number of alkyl halides is 1. The van der Waals surface area contributed by atoms with Gasteiger partial charge in [0.25, 0.3) is 0 Å². The second-order valence-electron chi connectivity index (χ2n) is 8.77. The molecule has 14 heteroatoms. The number of ether oxygens (including phenoxy) is 3. The van der Waals surface area contributed by atoms with E-state index in [9.17, 15) is 27.4 Å². The maximum atomic E-state index is 16.5. The normalized spacial score (nSPS) is 20.5. The van der Waals surface area contributed by atoms with Crippen molar-refractivity contribution in [3.05, 3.63) is 39.0 Å². The van der Waals surface area contributed by atoms with Gasteiger partial charge in [-0.3, -0.25) is 0 Å². The van der Waals surface area contributed by atoms with Crippen LogP contribution in [0.15, 0.2) is 18.2 Å². The van der Waals surface area contributed by atoms with Gasteiger partial charge < -0.3 is 29.7 Å². The molecule has 5 N–H and O–H groups in total. The van der Waals surface area contributed by atoms with Crippen molar-refractivity contribution in [2.75, 3.05) is 25.1 Å². The van der Waals surface area contributed by atoms with Gasteiger partial charge in [-0.2, -0.15) is 0 Å². The topological polar surface area (TPSA) is 140 Å². The van der Waals surface area contributed by atoms with Crippen LogP contribution in [0.1, 0.15) is 45.1 Å². The minimum Gasteiger partial charge on any atom is -0.489 e. The summed E-state index contributed by atoms with van der Waals surface area (Å²) in [4.78, 5) is 0. The molecule has 2 aromatic rings. The van der Waals surface area contributed by atoms with E-state index in [-0.39, 0.29) is 42.4 Å². The van der Waals surface area contributed by atoms with Crippen LogP contribution in [-0.2, 0) is 10.0 Å². The Kier molecular flexibility index (Phi) is 9.66. The summed E-state index contributed by atoms with van der Waals surface area (Å²) in [5.74, 6) is -3.87. The lowest BCUT2D eigenvalue weighted by atomic mass is 10.0. The SMILES string of the molecule is CCOc1c(O[C@H](C)F)c(Nc2ccc(I)cc2F)c(F)c([C@@H]2C[C@@]2(C[C@H](O)CO)S(N)(=O)=O)c1OCC. The largest absolute Gasteiger partial charge is 0.489 e. The van der Waals surface area contributed by atoms with Crippen LogP contribution in [0.2, 0.25) is 0 Å². The summed E-state index contributed by atoms with van der Waals surface area (Å²) in [5, 5.41) is 27.5. The molecule has 212 valence electrons. The van der Waals surface area contributed by atoms with Crippen LogP contribution < -0.4 is 24.7 Å². The van der Waals surface area contributed by atoms with E-state index < -0.39 is 69.2 Å². The average Bonchev–Trinajstić information content (AvgIpc) is 3.54. The number of rotatable bonds is 13. The predicted octanol–water partition coefficient (Wildman–Crippen LogP) is 4.06. The number of hydrogen-bond acceptors (Lipinski definition) is 8. The van der Waals surface area contributed by atoms with Crippen molar-refractivity contribution < 1.29 is 46.0 Å². The van der Waals surface area contributed by atoms with E-state index in [1.807, 2.05) is 22.6 Å². The number of anilines is 2. The molecule has 1 aliphatic rings. The smallest absolute Gasteiger partial charge is 0.236 e. The van der Waals surface area contributed by atoms with Crippen molar-refractivity contribution in [3.63, 3.8) is 0 Å². The number of aliphatic hydroxyl groups excluding tert-OH is 2. The number of hydrogen-bond donors (Lipinski definition) is 4. The van der Waals surface area contributed by atoms with Crippen LogP contribution in [0.3, 0.4) is 0 Å². The van der Waals surface area contributed by atoms with E-state index in [2.05, 4.69) is 5.32 Å². The van der Waals surface area contributed by atoms with Gasteiger partial charge in [0.05, 0.1) is 36.4 Å². The van der Waals surface area contributed by atoms with Gasteiger partial charge in [-0.15, -0.1) is 0 Å². The first-order chi connectivity index (χ1) is 17.8. The molecule has 4 atom stereocenters. The second kappa shape index (κ2) is 12.0. The molecule has 1 aliphatic carbocycles. The van der Waals surface area contributed by atoms with Crippen molar-refractivity contribution in [1.82, 2.24) is 0 Å². The quantitative estimate of drug-likeness (QED) is 0.234. The fourth-order valence-corrected chi connectivity index (χ4v) is 6.22. The van der Waals surface area contributed by atoms with Gasteiger partial charge >= 0.3 is 0 Å². The standard InChI is InChI=1S/C24H30F3IN2O7S/c1-4-35-21-18(15-10-24(15,38(29,33)34)9-14(32)11-31)19(27)20(22(37-12(3)25)23(21)36-5-2)30-17-7-6-13(28)8-16(17)26/h6-8,12,14-15,30-32H,4-5,9-11H2,1-3H3,(H2,29,33,34)/t12-,14+,15+,24-/m1/s1. The van der Waals surface area contributed by atoms with Crippen LogP contribution in [-0.4, -0.2) is 55.7 Å². The molecule has 0 aliphatic heterocycles. The summed E-state index contributed by atoms with van der Waals surface area (Å²) in [6, 6.07) is 4.10. The molecule has 2 aromatic carbocycles. The first-order valence-corrected chi connectivity index (χ1v) is 14.4. The zero-order chi connectivity index (χ0) is 28.4. The third-order valence-corrected chi connectivity index (χ3v) is 8.54. The molecule has 3 rings (SSSR count). The minimum absolute atomic E-state index is 0.00767. The Morgan fingerprint density at radius 3 is 2.37 bits per heavy atom. The van der Waals surface area contributed by atoms with E-state index in [0.717, 1.165) is 6.92 Å². The van der Waals surface area contributed by atoms with E-state index in [1.165, 1.54) is 12.1 Å². The number of primary sulfonamides is 1. The van der Waals surface area contributed by atoms with Gasteiger partial charge in [0, 0.05) is 22.0 Å². The van der Waals surface area contributed by atoms with Crippen molar-refractivity contribution in [3.8, 4) is 17.2 Å². The molecule has 0 unspecified atom stereocenters. The van der Waals surface area contributed by atoms with Gasteiger partial charge in [0.1, 0.15) is 11.5 Å². The maximum Gasteiger partial charge on any atom is 0.236 e. The lowest BCUT2D eigenvalue weighted by molar-refractivity contribution is 0.0812. The summed E-state index contributed by atoms with van der Waals surface area (Å²) in [6.45, 7) is 3.52. The van der Waals surface area contributed by atoms with Crippen LogP contribution in [0.4, 0.5) is 24.5 Å². The van der Waals surface area contributed by atoms with E-state index in [0.29, 0.717) is 3.57 Å². The summed E-state index contributed by atoms with van der Waals surface area (Å²) in [7, 11) is -4.39. The molecule has 0 heterocycles. The van der Waals surface area contributed by atoms with Crippen LogP contribution in [0.5, 0.6) is 17.2 Å². The fourth-order valence-electron chi connectivity index (χ4n) is 4.43. The highest BCUT2D eigenvalue weighted by Crippen LogP contribution is 2.64. The van der Waals surface area contributed by atoms with Crippen LogP contribution in [0.25, 0.3) is 0 Å². The van der Waals surface area contributed by atoms with Crippen molar-refractivity contribution in [2.45, 2.75) is 56.7 Å². The van der Waals surface area contributed by atoms with E-state index in [4.69, 9.17) is 19.3 Å². The Hall–Kier alpha value is -2.01. The molecule has 0 spiro atoms. The Morgan fingerprint density at radius 1 is 1.21 bits per heavy atom. The van der Waals surface area contributed by atoms with Gasteiger partial charge in [0.15, 0.2) is 17.3 Å². The Bertz CT molecular complexity index is 1280. The molecule has 0 radical (unpaired) electrons. The predicted molar refractivity (Wildman–Crippen MR) is 143 cm³/mol. The molecule has 0 aromatic heterocycles. The Labute approximate surface area is 232 Å². The number of nitrogens with one attached hydrogen (secondary N) is 1. The molecule has 9 nitrogen and oxygen atoms in total. The second-order valence-corrected chi connectivity index (χ2v) is 11.9. The average molecular weight is 674 g/mol. The third kappa shape index (κ3) is 6.08. The molecule has 0 bridgehead atoms.